The second kappa shape index (κ2) is 5.30. The van der Waals surface area contributed by atoms with Crippen LogP contribution in [0.15, 0.2) is 0 Å². The minimum absolute atomic E-state index is 0.132. The second-order valence-corrected chi connectivity index (χ2v) is 6.45. The van der Waals surface area contributed by atoms with Crippen molar-refractivity contribution in [3.05, 3.63) is 0 Å². The molecule has 1 saturated heterocycles. The molecule has 0 saturated carbocycles. The zero-order valence-corrected chi connectivity index (χ0v) is 11.3. The van der Waals surface area contributed by atoms with E-state index in [-0.39, 0.29) is 5.91 Å². The van der Waals surface area contributed by atoms with Gasteiger partial charge in [-0.2, -0.15) is 17.0 Å². The van der Waals surface area contributed by atoms with Crippen LogP contribution in [0.2, 0.25) is 0 Å². The van der Waals surface area contributed by atoms with Gasteiger partial charge in [0.25, 0.3) is 10.2 Å². The maximum Gasteiger partial charge on any atom is 0.281 e. The largest absolute Gasteiger partial charge is 0.339 e. The Bertz CT molecular complexity index is 372. The van der Waals surface area contributed by atoms with Gasteiger partial charge in [0.15, 0.2) is 0 Å². The maximum atomic E-state index is 11.8. The van der Waals surface area contributed by atoms with E-state index in [1.54, 1.807) is 11.8 Å². The molecule has 0 bridgehead atoms. The van der Waals surface area contributed by atoms with Gasteiger partial charge in [-0.1, -0.05) is 0 Å². The van der Waals surface area contributed by atoms with E-state index in [0.717, 1.165) is 0 Å². The molecule has 0 aromatic heterocycles. The van der Waals surface area contributed by atoms with Crippen molar-refractivity contribution in [3.8, 4) is 0 Å². The van der Waals surface area contributed by atoms with Crippen LogP contribution in [0.25, 0.3) is 0 Å². The van der Waals surface area contributed by atoms with E-state index >= 15 is 0 Å². The van der Waals surface area contributed by atoms with Crippen molar-refractivity contribution in [2.75, 3.05) is 40.3 Å². The van der Waals surface area contributed by atoms with Crippen molar-refractivity contribution < 1.29 is 13.2 Å². The van der Waals surface area contributed by atoms with Gasteiger partial charge >= 0.3 is 0 Å². The molecule has 8 heteroatoms. The summed E-state index contributed by atoms with van der Waals surface area (Å²) in [4.78, 5) is 13.2. The predicted octanol–water partition coefficient (Wildman–Crippen LogP) is -1.72. The zero-order valence-electron chi connectivity index (χ0n) is 10.5. The maximum absolute atomic E-state index is 11.8. The number of carbonyl (C=O) groups is 1. The molecule has 1 fully saturated rings. The molecule has 1 heterocycles. The second-order valence-electron chi connectivity index (χ2n) is 4.30. The van der Waals surface area contributed by atoms with Crippen molar-refractivity contribution in [1.29, 1.82) is 0 Å². The lowest BCUT2D eigenvalue weighted by molar-refractivity contribution is -0.133. The highest BCUT2D eigenvalue weighted by Crippen LogP contribution is 2.10. The SMILES string of the molecule is C[C@H](N)C(=O)N1CCN(S(=O)(=O)N(C)C)CC1. The lowest BCUT2D eigenvalue weighted by Crippen LogP contribution is -2.55. The van der Waals surface area contributed by atoms with E-state index in [0.29, 0.717) is 26.2 Å². The van der Waals surface area contributed by atoms with Gasteiger partial charge in [0.2, 0.25) is 5.91 Å². The number of carbonyl (C=O) groups excluding carboxylic acids is 1. The predicted molar refractivity (Wildman–Crippen MR) is 64.4 cm³/mol. The summed E-state index contributed by atoms with van der Waals surface area (Å²) in [5.74, 6) is -0.132. The molecule has 0 unspecified atom stereocenters. The standard InChI is InChI=1S/C9H20N4O3S/c1-8(10)9(14)12-4-6-13(7-5-12)17(15,16)11(2)3/h8H,4-7,10H2,1-3H3/t8-/m0/s1. The quantitative estimate of drug-likeness (QED) is 0.657. The highest BCUT2D eigenvalue weighted by atomic mass is 32.2. The highest BCUT2D eigenvalue weighted by Gasteiger charge is 2.30. The Morgan fingerprint density at radius 2 is 1.71 bits per heavy atom. The Hall–Kier alpha value is -0.700. The van der Waals surface area contributed by atoms with Crippen LogP contribution >= 0.6 is 0 Å². The monoisotopic (exact) mass is 264 g/mol. The van der Waals surface area contributed by atoms with Crippen molar-refractivity contribution in [1.82, 2.24) is 13.5 Å². The summed E-state index contributed by atoms with van der Waals surface area (Å²) >= 11 is 0. The molecule has 1 atom stereocenters. The van der Waals surface area contributed by atoms with E-state index in [4.69, 9.17) is 5.73 Å². The van der Waals surface area contributed by atoms with Crippen molar-refractivity contribution >= 4 is 16.1 Å². The Kier molecular flexibility index (Phi) is 4.48. The van der Waals surface area contributed by atoms with E-state index in [1.807, 2.05) is 0 Å². The van der Waals surface area contributed by atoms with Gasteiger partial charge in [-0.25, -0.2) is 0 Å². The summed E-state index contributed by atoms with van der Waals surface area (Å²) in [5.41, 5.74) is 5.50. The molecule has 0 aliphatic carbocycles. The van der Waals surface area contributed by atoms with Crippen LogP contribution in [0.1, 0.15) is 6.92 Å². The Morgan fingerprint density at radius 3 is 2.06 bits per heavy atom. The van der Waals surface area contributed by atoms with Gasteiger partial charge in [-0.3, -0.25) is 4.79 Å². The van der Waals surface area contributed by atoms with Gasteiger partial charge in [0, 0.05) is 40.3 Å². The molecule has 1 rings (SSSR count). The summed E-state index contributed by atoms with van der Waals surface area (Å²) in [5, 5.41) is 0. The average Bonchev–Trinajstić information content (AvgIpc) is 2.27. The number of hydrogen-bond donors (Lipinski definition) is 1. The topological polar surface area (TPSA) is 87.0 Å². The molecule has 7 nitrogen and oxygen atoms in total. The van der Waals surface area contributed by atoms with Gasteiger partial charge < -0.3 is 10.6 Å². The summed E-state index contributed by atoms with van der Waals surface area (Å²) in [6, 6.07) is -0.535. The number of nitrogens with two attached hydrogens (primary N) is 1. The number of hydrogen-bond acceptors (Lipinski definition) is 4. The normalized spacial score (nSPS) is 20.6. The van der Waals surface area contributed by atoms with Crippen molar-refractivity contribution in [2.24, 2.45) is 5.73 Å². The third-order valence-electron chi connectivity index (χ3n) is 2.73. The molecule has 0 radical (unpaired) electrons. The van der Waals surface area contributed by atoms with E-state index in [9.17, 15) is 13.2 Å². The molecule has 1 aliphatic rings. The van der Waals surface area contributed by atoms with Crippen LogP contribution < -0.4 is 5.73 Å². The van der Waals surface area contributed by atoms with Crippen LogP contribution in [-0.2, 0) is 15.0 Å². The lowest BCUT2D eigenvalue weighted by atomic mass is 10.2. The van der Waals surface area contributed by atoms with Crippen LogP contribution in [0.5, 0.6) is 0 Å². The fourth-order valence-corrected chi connectivity index (χ4v) is 2.74. The highest BCUT2D eigenvalue weighted by molar-refractivity contribution is 7.86. The molecule has 0 aromatic rings. The first-order valence-corrected chi connectivity index (χ1v) is 6.88. The van der Waals surface area contributed by atoms with Gasteiger partial charge in [0.05, 0.1) is 6.04 Å². The van der Waals surface area contributed by atoms with Crippen molar-refractivity contribution in [2.45, 2.75) is 13.0 Å². The first-order chi connectivity index (χ1) is 7.76. The summed E-state index contributed by atoms with van der Waals surface area (Å²) in [7, 11) is -0.382. The number of piperazine rings is 1. The molecule has 0 aromatic carbocycles. The number of amides is 1. The fraction of sp³-hybridized carbons (Fsp3) is 0.889. The minimum Gasteiger partial charge on any atom is -0.339 e. The summed E-state index contributed by atoms with van der Waals surface area (Å²) in [6.45, 7) is 3.06. The van der Waals surface area contributed by atoms with Crippen molar-refractivity contribution in [3.63, 3.8) is 0 Å². The first-order valence-electron chi connectivity index (χ1n) is 5.48. The Balaban J connectivity index is 2.61. The number of nitrogens with zero attached hydrogens (tertiary/aromatic N) is 3. The molecule has 0 spiro atoms. The van der Waals surface area contributed by atoms with Gasteiger partial charge in [-0.15, -0.1) is 0 Å². The molecule has 2 N–H and O–H groups in total. The average molecular weight is 264 g/mol. The van der Waals surface area contributed by atoms with Crippen LogP contribution in [0, 0.1) is 0 Å². The fourth-order valence-electron chi connectivity index (χ4n) is 1.66. The van der Waals surface area contributed by atoms with Crippen LogP contribution in [-0.4, -0.2) is 74.2 Å². The third kappa shape index (κ3) is 3.15. The minimum atomic E-state index is -3.37. The van der Waals surface area contributed by atoms with Gasteiger partial charge in [-0.05, 0) is 6.92 Å². The molecule has 17 heavy (non-hydrogen) atoms. The zero-order chi connectivity index (χ0) is 13.2. The van der Waals surface area contributed by atoms with Crippen LogP contribution in [0.4, 0.5) is 0 Å². The lowest BCUT2D eigenvalue weighted by Gasteiger charge is -2.35. The van der Waals surface area contributed by atoms with Crippen LogP contribution in [0.3, 0.4) is 0 Å². The molecular formula is C9H20N4O3S. The Labute approximate surface area is 102 Å². The van der Waals surface area contributed by atoms with E-state index < -0.39 is 16.3 Å². The molecule has 100 valence electrons. The van der Waals surface area contributed by atoms with E-state index in [1.165, 1.54) is 22.7 Å². The molecule has 1 aliphatic heterocycles. The first kappa shape index (κ1) is 14.4. The summed E-state index contributed by atoms with van der Waals surface area (Å²) in [6.07, 6.45) is 0. The Morgan fingerprint density at radius 1 is 1.24 bits per heavy atom. The molecular weight excluding hydrogens is 244 g/mol. The van der Waals surface area contributed by atoms with E-state index in [2.05, 4.69) is 0 Å². The molecule has 1 amide bonds. The number of rotatable bonds is 3. The smallest absolute Gasteiger partial charge is 0.281 e. The van der Waals surface area contributed by atoms with Gasteiger partial charge in [0.1, 0.15) is 0 Å². The third-order valence-corrected chi connectivity index (χ3v) is 4.67. The summed E-state index contributed by atoms with van der Waals surface area (Å²) < 4.78 is 26.2.